The number of halogens is 2. The first-order valence-corrected chi connectivity index (χ1v) is 7.77. The van der Waals surface area contributed by atoms with Crippen molar-refractivity contribution in [1.82, 2.24) is 4.90 Å². The molecule has 2 saturated heterocycles. The van der Waals surface area contributed by atoms with Gasteiger partial charge in [0, 0.05) is 35.2 Å². The highest BCUT2D eigenvalue weighted by molar-refractivity contribution is 9.10. The van der Waals surface area contributed by atoms with Crippen molar-refractivity contribution in [3.8, 4) is 0 Å². The summed E-state index contributed by atoms with van der Waals surface area (Å²) in [7, 11) is 0. The predicted molar refractivity (Wildman–Crippen MR) is 80.7 cm³/mol. The molecule has 1 aromatic rings. The van der Waals surface area contributed by atoms with Crippen LogP contribution in [0.1, 0.15) is 18.4 Å². The molecule has 98 valence electrons. The van der Waals surface area contributed by atoms with E-state index in [1.807, 2.05) is 6.92 Å². The van der Waals surface area contributed by atoms with Gasteiger partial charge in [-0.15, -0.1) is 0 Å². The highest BCUT2D eigenvalue weighted by atomic mass is 79.9. The van der Waals surface area contributed by atoms with Crippen LogP contribution in [0.5, 0.6) is 0 Å². The van der Waals surface area contributed by atoms with Crippen LogP contribution in [0.4, 0.5) is 5.69 Å². The van der Waals surface area contributed by atoms with Crippen LogP contribution in [-0.2, 0) is 0 Å². The first kappa shape index (κ1) is 12.8. The first-order chi connectivity index (χ1) is 8.65. The summed E-state index contributed by atoms with van der Waals surface area (Å²) in [6.07, 6.45) is 2.70. The van der Waals surface area contributed by atoms with E-state index in [0.717, 1.165) is 34.2 Å². The van der Waals surface area contributed by atoms with Crippen molar-refractivity contribution in [2.24, 2.45) is 0 Å². The Morgan fingerprint density at radius 3 is 2.94 bits per heavy atom. The topological polar surface area (TPSA) is 6.48 Å². The SMILES string of the molecule is Cc1cc(Br)c(N2CCN3CCCC3C2)cc1Cl. The van der Waals surface area contributed by atoms with Crippen LogP contribution in [-0.4, -0.2) is 37.1 Å². The number of hydrogen-bond donors (Lipinski definition) is 0. The van der Waals surface area contributed by atoms with Gasteiger partial charge in [-0.2, -0.15) is 0 Å². The average molecular weight is 330 g/mol. The third kappa shape index (κ3) is 2.28. The van der Waals surface area contributed by atoms with Crippen molar-refractivity contribution >= 4 is 33.2 Å². The Bertz CT molecular complexity index is 463. The summed E-state index contributed by atoms with van der Waals surface area (Å²) in [5.74, 6) is 0. The minimum Gasteiger partial charge on any atom is -0.368 e. The average Bonchev–Trinajstić information content (AvgIpc) is 2.80. The molecule has 2 fully saturated rings. The molecule has 0 saturated carbocycles. The minimum absolute atomic E-state index is 0.741. The molecular formula is C14H18BrClN2. The van der Waals surface area contributed by atoms with E-state index in [1.165, 1.54) is 31.6 Å². The summed E-state index contributed by atoms with van der Waals surface area (Å²) in [6.45, 7) is 6.76. The molecule has 4 heteroatoms. The molecule has 0 aromatic heterocycles. The molecule has 1 unspecified atom stereocenters. The van der Waals surface area contributed by atoms with Gasteiger partial charge in [-0.1, -0.05) is 11.6 Å². The lowest BCUT2D eigenvalue weighted by atomic mass is 10.1. The number of nitrogens with zero attached hydrogens (tertiary/aromatic N) is 2. The summed E-state index contributed by atoms with van der Waals surface area (Å²) < 4.78 is 1.16. The van der Waals surface area contributed by atoms with Crippen LogP contribution in [0.15, 0.2) is 16.6 Å². The third-order valence-electron chi connectivity index (χ3n) is 4.16. The Hall–Kier alpha value is -0.250. The second-order valence-electron chi connectivity index (χ2n) is 5.33. The van der Waals surface area contributed by atoms with E-state index in [-0.39, 0.29) is 0 Å². The van der Waals surface area contributed by atoms with Crippen LogP contribution in [0, 0.1) is 6.92 Å². The Labute approximate surface area is 122 Å². The molecule has 3 rings (SSSR count). The van der Waals surface area contributed by atoms with Gasteiger partial charge in [-0.3, -0.25) is 4.90 Å². The summed E-state index contributed by atoms with van der Waals surface area (Å²) in [4.78, 5) is 5.10. The number of rotatable bonds is 1. The molecule has 1 atom stereocenters. The second-order valence-corrected chi connectivity index (χ2v) is 6.59. The van der Waals surface area contributed by atoms with Crippen molar-refractivity contribution in [3.63, 3.8) is 0 Å². The molecule has 0 bridgehead atoms. The fraction of sp³-hybridized carbons (Fsp3) is 0.571. The van der Waals surface area contributed by atoms with E-state index in [0.29, 0.717) is 0 Å². The molecular weight excluding hydrogens is 312 g/mol. The van der Waals surface area contributed by atoms with E-state index >= 15 is 0 Å². The number of piperazine rings is 1. The quantitative estimate of drug-likeness (QED) is 0.775. The smallest absolute Gasteiger partial charge is 0.0526 e. The maximum absolute atomic E-state index is 6.26. The molecule has 0 N–H and O–H groups in total. The second kappa shape index (κ2) is 5.03. The normalized spacial score (nSPS) is 24.4. The van der Waals surface area contributed by atoms with Gasteiger partial charge in [0.25, 0.3) is 0 Å². The van der Waals surface area contributed by atoms with Gasteiger partial charge in [0.15, 0.2) is 0 Å². The van der Waals surface area contributed by atoms with Gasteiger partial charge in [-0.25, -0.2) is 0 Å². The van der Waals surface area contributed by atoms with Crippen LogP contribution in [0.25, 0.3) is 0 Å². The number of aryl methyl sites for hydroxylation is 1. The summed E-state index contributed by atoms with van der Waals surface area (Å²) in [5.41, 5.74) is 2.38. The molecule has 0 aliphatic carbocycles. The van der Waals surface area contributed by atoms with Gasteiger partial charge >= 0.3 is 0 Å². The molecule has 0 amide bonds. The van der Waals surface area contributed by atoms with Gasteiger partial charge < -0.3 is 4.90 Å². The number of hydrogen-bond acceptors (Lipinski definition) is 2. The van der Waals surface area contributed by atoms with Crippen molar-refractivity contribution < 1.29 is 0 Å². The van der Waals surface area contributed by atoms with Crippen molar-refractivity contribution in [1.29, 1.82) is 0 Å². The minimum atomic E-state index is 0.741. The van der Waals surface area contributed by atoms with Crippen molar-refractivity contribution in [2.75, 3.05) is 31.1 Å². The molecule has 0 spiro atoms. The number of anilines is 1. The van der Waals surface area contributed by atoms with E-state index < -0.39 is 0 Å². The zero-order valence-corrected chi connectivity index (χ0v) is 13.0. The highest BCUT2D eigenvalue weighted by Crippen LogP contribution is 2.34. The molecule has 2 heterocycles. The largest absolute Gasteiger partial charge is 0.368 e. The van der Waals surface area contributed by atoms with Crippen molar-refractivity contribution in [3.05, 3.63) is 27.2 Å². The molecule has 2 aliphatic heterocycles. The molecule has 2 nitrogen and oxygen atoms in total. The molecule has 0 radical (unpaired) electrons. The van der Waals surface area contributed by atoms with Crippen LogP contribution in [0.2, 0.25) is 5.02 Å². The number of fused-ring (bicyclic) bond motifs is 1. The van der Waals surface area contributed by atoms with Crippen LogP contribution in [0.3, 0.4) is 0 Å². The Balaban J connectivity index is 1.84. The van der Waals surface area contributed by atoms with Crippen LogP contribution >= 0.6 is 27.5 Å². The standard InChI is InChI=1S/C14H18BrClN2/c1-10-7-12(15)14(8-13(10)16)18-6-5-17-4-2-3-11(17)9-18/h7-8,11H,2-6,9H2,1H3. The zero-order valence-electron chi connectivity index (χ0n) is 10.6. The van der Waals surface area contributed by atoms with E-state index in [4.69, 9.17) is 11.6 Å². The lowest BCUT2D eigenvalue weighted by molar-refractivity contribution is 0.231. The maximum Gasteiger partial charge on any atom is 0.0526 e. The van der Waals surface area contributed by atoms with Gasteiger partial charge in [-0.05, 0) is 59.9 Å². The van der Waals surface area contributed by atoms with Gasteiger partial charge in [0.1, 0.15) is 0 Å². The maximum atomic E-state index is 6.26. The predicted octanol–water partition coefficient (Wildman–Crippen LogP) is 3.70. The summed E-state index contributed by atoms with van der Waals surface area (Å²) in [6, 6.07) is 4.97. The van der Waals surface area contributed by atoms with Crippen LogP contribution < -0.4 is 4.90 Å². The highest BCUT2D eigenvalue weighted by Gasteiger charge is 2.31. The summed E-state index contributed by atoms with van der Waals surface area (Å²) >= 11 is 9.93. The third-order valence-corrected chi connectivity index (χ3v) is 5.20. The monoisotopic (exact) mass is 328 g/mol. The van der Waals surface area contributed by atoms with Gasteiger partial charge in [0.05, 0.1) is 5.69 Å². The fourth-order valence-electron chi connectivity index (χ4n) is 3.09. The fourth-order valence-corrected chi connectivity index (χ4v) is 3.95. The lowest BCUT2D eigenvalue weighted by Crippen LogP contribution is -2.50. The van der Waals surface area contributed by atoms with E-state index in [9.17, 15) is 0 Å². The Morgan fingerprint density at radius 2 is 2.11 bits per heavy atom. The van der Waals surface area contributed by atoms with E-state index in [1.54, 1.807) is 0 Å². The van der Waals surface area contributed by atoms with Crippen molar-refractivity contribution in [2.45, 2.75) is 25.8 Å². The molecule has 1 aromatic carbocycles. The zero-order chi connectivity index (χ0) is 12.7. The Morgan fingerprint density at radius 1 is 1.28 bits per heavy atom. The molecule has 2 aliphatic rings. The molecule has 18 heavy (non-hydrogen) atoms. The summed E-state index contributed by atoms with van der Waals surface area (Å²) in [5, 5.41) is 0.863. The number of benzene rings is 1. The van der Waals surface area contributed by atoms with Gasteiger partial charge in [0.2, 0.25) is 0 Å². The first-order valence-electron chi connectivity index (χ1n) is 6.60. The van der Waals surface area contributed by atoms with E-state index in [2.05, 4.69) is 37.9 Å². The lowest BCUT2D eigenvalue weighted by Gasteiger charge is -2.39. The Kier molecular flexibility index (Phi) is 3.57.